The third-order valence-corrected chi connectivity index (χ3v) is 3.91. The maximum atomic E-state index is 9.32. The van der Waals surface area contributed by atoms with Gasteiger partial charge < -0.3 is 10.8 Å². The smallest absolute Gasteiger partial charge is 0.0552 e. The van der Waals surface area contributed by atoms with Crippen molar-refractivity contribution >= 4 is 0 Å². The van der Waals surface area contributed by atoms with Crippen molar-refractivity contribution in [3.05, 3.63) is 0 Å². The van der Waals surface area contributed by atoms with Crippen LogP contribution in [0.3, 0.4) is 0 Å². The van der Waals surface area contributed by atoms with E-state index in [9.17, 15) is 5.11 Å². The summed E-state index contributed by atoms with van der Waals surface area (Å²) in [7, 11) is 0. The lowest BCUT2D eigenvalue weighted by molar-refractivity contribution is -0.0625. The Morgan fingerprint density at radius 3 is 2.25 bits per heavy atom. The van der Waals surface area contributed by atoms with Crippen LogP contribution in [-0.2, 0) is 0 Å². The predicted molar refractivity (Wildman–Crippen MR) is 48.7 cm³/mol. The van der Waals surface area contributed by atoms with E-state index in [0.29, 0.717) is 5.41 Å². The van der Waals surface area contributed by atoms with E-state index in [1.807, 2.05) is 0 Å². The minimum atomic E-state index is -0.0471. The molecule has 0 aromatic rings. The Morgan fingerprint density at radius 2 is 1.83 bits per heavy atom. The Hall–Kier alpha value is -0.0800. The van der Waals surface area contributed by atoms with E-state index in [4.69, 9.17) is 5.73 Å². The van der Waals surface area contributed by atoms with Crippen molar-refractivity contribution in [3.63, 3.8) is 0 Å². The molecule has 0 heterocycles. The zero-order valence-corrected chi connectivity index (χ0v) is 7.63. The Balaban J connectivity index is 1.98. The Bertz CT molecular complexity index is 157. The highest BCUT2D eigenvalue weighted by Crippen LogP contribution is 2.52. The molecule has 0 atom stereocenters. The zero-order valence-electron chi connectivity index (χ0n) is 7.63. The van der Waals surface area contributed by atoms with Gasteiger partial charge in [-0.15, -0.1) is 0 Å². The molecular formula is C10H19NO. The molecule has 0 aromatic carbocycles. The molecule has 70 valence electrons. The lowest BCUT2D eigenvalue weighted by Crippen LogP contribution is -2.50. The van der Waals surface area contributed by atoms with Crippen LogP contribution in [0.2, 0.25) is 0 Å². The summed E-state index contributed by atoms with van der Waals surface area (Å²) in [6, 6.07) is 0. The first-order valence-electron chi connectivity index (χ1n) is 5.15. The van der Waals surface area contributed by atoms with E-state index in [2.05, 4.69) is 0 Å². The van der Waals surface area contributed by atoms with Crippen LogP contribution in [0.25, 0.3) is 0 Å². The number of hydrogen-bond donors (Lipinski definition) is 2. The van der Waals surface area contributed by atoms with Crippen LogP contribution in [0.15, 0.2) is 0 Å². The highest BCUT2D eigenvalue weighted by Gasteiger charge is 2.48. The van der Waals surface area contributed by atoms with Gasteiger partial charge in [0.15, 0.2) is 0 Å². The van der Waals surface area contributed by atoms with E-state index in [0.717, 1.165) is 25.3 Å². The molecule has 0 amide bonds. The fourth-order valence-electron chi connectivity index (χ4n) is 3.08. The number of aliphatic hydroxyl groups excluding tert-OH is 1. The summed E-state index contributed by atoms with van der Waals surface area (Å²) in [6.07, 6.45) is 7.34. The molecule has 2 aliphatic rings. The number of rotatable bonds is 2. The van der Waals surface area contributed by atoms with Crippen molar-refractivity contribution in [3.8, 4) is 0 Å². The fraction of sp³-hybridized carbons (Fsp3) is 1.00. The van der Waals surface area contributed by atoms with Gasteiger partial charge in [0.1, 0.15) is 0 Å². The van der Waals surface area contributed by atoms with Crippen molar-refractivity contribution in [2.75, 3.05) is 6.54 Å². The van der Waals surface area contributed by atoms with Gasteiger partial charge in [-0.25, -0.2) is 0 Å². The van der Waals surface area contributed by atoms with Gasteiger partial charge in [0.05, 0.1) is 6.10 Å². The van der Waals surface area contributed by atoms with Gasteiger partial charge in [-0.2, -0.15) is 0 Å². The molecule has 0 unspecified atom stereocenters. The second kappa shape index (κ2) is 3.00. The number of hydrogen-bond acceptors (Lipinski definition) is 2. The van der Waals surface area contributed by atoms with Crippen LogP contribution < -0.4 is 5.73 Å². The summed E-state index contributed by atoms with van der Waals surface area (Å²) >= 11 is 0. The van der Waals surface area contributed by atoms with Crippen LogP contribution >= 0.6 is 0 Å². The highest BCUT2D eigenvalue weighted by molar-refractivity contribution is 5.00. The van der Waals surface area contributed by atoms with Crippen LogP contribution in [0.5, 0.6) is 0 Å². The van der Waals surface area contributed by atoms with Crippen molar-refractivity contribution in [1.82, 2.24) is 0 Å². The summed E-state index contributed by atoms with van der Waals surface area (Å²) in [6.45, 7) is 0.786. The molecule has 2 fully saturated rings. The van der Waals surface area contributed by atoms with Crippen molar-refractivity contribution in [2.24, 2.45) is 17.1 Å². The zero-order chi connectivity index (χ0) is 8.60. The lowest BCUT2D eigenvalue weighted by Gasteiger charge is -2.49. The summed E-state index contributed by atoms with van der Waals surface area (Å²) in [5, 5.41) is 9.32. The summed E-state index contributed by atoms with van der Waals surface area (Å²) in [5.41, 5.74) is 6.14. The van der Waals surface area contributed by atoms with Gasteiger partial charge in [0.2, 0.25) is 0 Å². The molecule has 0 spiro atoms. The topological polar surface area (TPSA) is 46.2 Å². The summed E-state index contributed by atoms with van der Waals surface area (Å²) in [4.78, 5) is 0. The molecule has 3 N–H and O–H groups in total. The van der Waals surface area contributed by atoms with Gasteiger partial charge >= 0.3 is 0 Å². The molecule has 0 radical (unpaired) electrons. The summed E-state index contributed by atoms with van der Waals surface area (Å²) in [5.74, 6) is 0.825. The van der Waals surface area contributed by atoms with Crippen LogP contribution in [-0.4, -0.2) is 17.8 Å². The van der Waals surface area contributed by atoms with Crippen LogP contribution in [0.4, 0.5) is 0 Å². The van der Waals surface area contributed by atoms with E-state index >= 15 is 0 Å². The molecule has 2 rings (SSSR count). The maximum absolute atomic E-state index is 9.32. The van der Waals surface area contributed by atoms with E-state index < -0.39 is 0 Å². The van der Waals surface area contributed by atoms with Gasteiger partial charge in [0, 0.05) is 0 Å². The Kier molecular flexibility index (Phi) is 2.13. The number of aliphatic hydroxyl groups is 1. The monoisotopic (exact) mass is 169 g/mol. The molecule has 2 aliphatic carbocycles. The van der Waals surface area contributed by atoms with E-state index in [1.54, 1.807) is 0 Å². The molecule has 0 saturated heterocycles. The number of nitrogens with two attached hydrogens (primary N) is 1. The van der Waals surface area contributed by atoms with Gasteiger partial charge in [-0.1, -0.05) is 12.8 Å². The fourth-order valence-corrected chi connectivity index (χ4v) is 3.08. The molecular weight excluding hydrogens is 150 g/mol. The van der Waals surface area contributed by atoms with Crippen molar-refractivity contribution in [2.45, 2.75) is 44.6 Å². The molecule has 2 saturated carbocycles. The van der Waals surface area contributed by atoms with Crippen LogP contribution in [0.1, 0.15) is 38.5 Å². The molecule has 12 heavy (non-hydrogen) atoms. The largest absolute Gasteiger partial charge is 0.393 e. The Labute approximate surface area is 74.1 Å². The second-order valence-corrected chi connectivity index (χ2v) is 4.61. The molecule has 2 heteroatoms. The minimum Gasteiger partial charge on any atom is -0.393 e. The Morgan fingerprint density at radius 1 is 1.25 bits per heavy atom. The first kappa shape index (κ1) is 8.52. The molecule has 0 aromatic heterocycles. The van der Waals surface area contributed by atoms with Crippen molar-refractivity contribution in [1.29, 1.82) is 0 Å². The predicted octanol–water partition coefficient (Wildman–Crippen LogP) is 1.28. The minimum absolute atomic E-state index is 0.0471. The first-order valence-corrected chi connectivity index (χ1v) is 5.15. The average molecular weight is 169 g/mol. The quantitative estimate of drug-likeness (QED) is 0.654. The maximum Gasteiger partial charge on any atom is 0.0552 e. The molecule has 0 aliphatic heterocycles. The SMILES string of the molecule is NCC1(C2CCCC2)CC(O)C1. The average Bonchev–Trinajstić information content (AvgIpc) is 2.50. The van der Waals surface area contributed by atoms with Gasteiger partial charge in [-0.05, 0) is 43.6 Å². The molecule has 0 bridgehead atoms. The lowest BCUT2D eigenvalue weighted by atomic mass is 9.59. The second-order valence-electron chi connectivity index (χ2n) is 4.61. The molecule has 2 nitrogen and oxygen atoms in total. The van der Waals surface area contributed by atoms with E-state index in [1.165, 1.54) is 25.7 Å². The third-order valence-electron chi connectivity index (χ3n) is 3.91. The summed E-state index contributed by atoms with van der Waals surface area (Å²) < 4.78 is 0. The standard InChI is InChI=1S/C10H19NO/c11-7-10(5-9(12)6-10)8-3-1-2-4-8/h8-9,12H,1-7,11H2. The van der Waals surface area contributed by atoms with Crippen molar-refractivity contribution < 1.29 is 5.11 Å². The third kappa shape index (κ3) is 1.17. The van der Waals surface area contributed by atoms with Gasteiger partial charge in [-0.3, -0.25) is 0 Å². The highest BCUT2D eigenvalue weighted by atomic mass is 16.3. The van der Waals surface area contributed by atoms with Gasteiger partial charge in [0.25, 0.3) is 0 Å². The van der Waals surface area contributed by atoms with Crippen LogP contribution in [0, 0.1) is 11.3 Å². The first-order chi connectivity index (χ1) is 5.77. The van der Waals surface area contributed by atoms with E-state index in [-0.39, 0.29) is 6.10 Å². The normalized spacial score (nSPS) is 43.0.